The van der Waals surface area contributed by atoms with Crippen molar-refractivity contribution >= 4 is 12.4 Å². The molecule has 1 saturated heterocycles. The summed E-state index contributed by atoms with van der Waals surface area (Å²) in [5.41, 5.74) is -0.870. The van der Waals surface area contributed by atoms with E-state index in [-0.39, 0.29) is 18.8 Å². The van der Waals surface area contributed by atoms with Crippen LogP contribution in [0.2, 0.25) is 0 Å². The topological polar surface area (TPSA) is 12.0 Å². The fourth-order valence-corrected chi connectivity index (χ4v) is 1.11. The lowest BCUT2D eigenvalue weighted by Crippen LogP contribution is -2.50. The molecule has 11 heavy (non-hydrogen) atoms. The van der Waals surface area contributed by atoms with Crippen LogP contribution in [0, 0.1) is 5.41 Å². The number of halogens is 3. The molecule has 68 valence electrons. The normalized spacial score (nSPS) is 27.3. The van der Waals surface area contributed by atoms with E-state index in [1.165, 1.54) is 0 Å². The number of hydrogen-bond donors (Lipinski definition) is 1. The van der Waals surface area contributed by atoms with Crippen molar-refractivity contribution in [2.45, 2.75) is 26.2 Å². The van der Waals surface area contributed by atoms with E-state index < -0.39 is 11.3 Å². The summed E-state index contributed by atoms with van der Waals surface area (Å²) in [6.07, 6.45) is -0.0278. The van der Waals surface area contributed by atoms with Crippen LogP contribution in [-0.2, 0) is 0 Å². The molecule has 0 atom stereocenters. The van der Waals surface area contributed by atoms with Crippen molar-refractivity contribution in [2.24, 2.45) is 5.41 Å². The van der Waals surface area contributed by atoms with Gasteiger partial charge in [0.1, 0.15) is 0 Å². The molecule has 1 fully saturated rings. The molecule has 1 rings (SSSR count). The first-order valence-electron chi connectivity index (χ1n) is 3.54. The second-order valence-corrected chi connectivity index (χ2v) is 3.52. The van der Waals surface area contributed by atoms with Crippen molar-refractivity contribution < 1.29 is 8.78 Å². The van der Waals surface area contributed by atoms with E-state index >= 15 is 0 Å². The number of nitrogens with one attached hydrogen (secondary N) is 1. The quantitative estimate of drug-likeness (QED) is 0.609. The maximum absolute atomic E-state index is 12.9. The minimum absolute atomic E-state index is 0. The van der Waals surface area contributed by atoms with Crippen LogP contribution in [-0.4, -0.2) is 19.0 Å². The van der Waals surface area contributed by atoms with Gasteiger partial charge in [0.15, 0.2) is 0 Å². The summed E-state index contributed by atoms with van der Waals surface area (Å²) in [7, 11) is 0. The predicted molar refractivity (Wildman–Crippen MR) is 43.5 cm³/mol. The summed E-state index contributed by atoms with van der Waals surface area (Å²) in [6.45, 7) is 4.05. The third-order valence-electron chi connectivity index (χ3n) is 2.17. The van der Waals surface area contributed by atoms with Gasteiger partial charge in [-0.1, -0.05) is 13.8 Å². The minimum atomic E-state index is -2.49. The summed E-state index contributed by atoms with van der Waals surface area (Å²) in [5, 5.41) is 2.95. The zero-order valence-corrected chi connectivity index (χ0v) is 7.60. The Morgan fingerprint density at radius 2 is 1.82 bits per heavy atom. The highest BCUT2D eigenvalue weighted by atomic mass is 35.5. The van der Waals surface area contributed by atoms with Gasteiger partial charge in [-0.15, -0.1) is 12.4 Å². The third kappa shape index (κ3) is 2.03. The standard InChI is InChI=1S/C7H13F2N.ClH/c1-6(2)5-10-4-3-7(6,8)9;/h10H,3-5H2,1-2H3;1H. The van der Waals surface area contributed by atoms with Crippen molar-refractivity contribution in [3.05, 3.63) is 0 Å². The molecule has 4 heteroatoms. The Bertz CT molecular complexity index is 120. The van der Waals surface area contributed by atoms with Gasteiger partial charge in [-0.3, -0.25) is 0 Å². The fraction of sp³-hybridized carbons (Fsp3) is 1.00. The Labute approximate surface area is 72.0 Å². The van der Waals surface area contributed by atoms with Gasteiger partial charge in [-0.2, -0.15) is 0 Å². The number of hydrogen-bond acceptors (Lipinski definition) is 1. The number of rotatable bonds is 0. The fourth-order valence-electron chi connectivity index (χ4n) is 1.11. The lowest BCUT2D eigenvalue weighted by Gasteiger charge is -2.38. The Morgan fingerprint density at radius 3 is 2.09 bits per heavy atom. The zero-order valence-electron chi connectivity index (χ0n) is 6.79. The number of alkyl halides is 2. The van der Waals surface area contributed by atoms with Crippen LogP contribution < -0.4 is 5.32 Å². The summed E-state index contributed by atoms with van der Waals surface area (Å²) in [6, 6.07) is 0. The second kappa shape index (κ2) is 3.23. The maximum Gasteiger partial charge on any atom is 0.255 e. The smallest absolute Gasteiger partial charge is 0.255 e. The van der Waals surface area contributed by atoms with Gasteiger partial charge < -0.3 is 5.32 Å². The van der Waals surface area contributed by atoms with Gasteiger partial charge in [-0.25, -0.2) is 8.78 Å². The van der Waals surface area contributed by atoms with E-state index in [1.807, 2.05) is 0 Å². The van der Waals surface area contributed by atoms with Gasteiger partial charge in [0.2, 0.25) is 0 Å². The lowest BCUT2D eigenvalue weighted by atomic mass is 9.81. The molecule has 0 aromatic rings. The van der Waals surface area contributed by atoms with E-state index in [9.17, 15) is 8.78 Å². The molecule has 0 unspecified atom stereocenters. The van der Waals surface area contributed by atoms with Gasteiger partial charge in [0, 0.05) is 24.9 Å². The predicted octanol–water partition coefficient (Wildman–Crippen LogP) is 2.06. The monoisotopic (exact) mass is 185 g/mol. The molecular weight excluding hydrogens is 172 g/mol. The van der Waals surface area contributed by atoms with E-state index in [1.54, 1.807) is 13.8 Å². The van der Waals surface area contributed by atoms with Crippen LogP contribution in [0.4, 0.5) is 8.78 Å². The van der Waals surface area contributed by atoms with Crippen molar-refractivity contribution in [3.63, 3.8) is 0 Å². The maximum atomic E-state index is 12.9. The molecule has 0 radical (unpaired) electrons. The third-order valence-corrected chi connectivity index (χ3v) is 2.17. The Balaban J connectivity index is 0.000001000. The summed E-state index contributed by atoms with van der Waals surface area (Å²) >= 11 is 0. The molecule has 1 heterocycles. The van der Waals surface area contributed by atoms with Crippen LogP contribution in [0.15, 0.2) is 0 Å². The highest BCUT2D eigenvalue weighted by molar-refractivity contribution is 5.85. The molecule has 1 nitrogen and oxygen atoms in total. The lowest BCUT2D eigenvalue weighted by molar-refractivity contribution is -0.123. The molecule has 0 amide bonds. The first kappa shape index (κ1) is 11.1. The van der Waals surface area contributed by atoms with Gasteiger partial charge >= 0.3 is 0 Å². The highest BCUT2D eigenvalue weighted by Crippen LogP contribution is 2.40. The van der Waals surface area contributed by atoms with E-state index in [0.717, 1.165) is 0 Å². The van der Waals surface area contributed by atoms with E-state index in [2.05, 4.69) is 5.32 Å². The van der Waals surface area contributed by atoms with Crippen LogP contribution >= 0.6 is 12.4 Å². The molecule has 0 bridgehead atoms. The van der Waals surface area contributed by atoms with Crippen molar-refractivity contribution in [3.8, 4) is 0 Å². The van der Waals surface area contributed by atoms with Crippen LogP contribution in [0.25, 0.3) is 0 Å². The largest absolute Gasteiger partial charge is 0.316 e. The van der Waals surface area contributed by atoms with E-state index in [4.69, 9.17) is 0 Å². The molecule has 1 aliphatic heterocycles. The average Bonchev–Trinajstić information content (AvgIpc) is 1.77. The molecule has 0 aromatic heterocycles. The van der Waals surface area contributed by atoms with E-state index in [0.29, 0.717) is 13.1 Å². The van der Waals surface area contributed by atoms with Gasteiger partial charge in [0.05, 0.1) is 0 Å². The van der Waals surface area contributed by atoms with Gasteiger partial charge in [0.25, 0.3) is 5.92 Å². The summed E-state index contributed by atoms with van der Waals surface area (Å²) in [5.74, 6) is -2.49. The summed E-state index contributed by atoms with van der Waals surface area (Å²) in [4.78, 5) is 0. The van der Waals surface area contributed by atoms with Crippen molar-refractivity contribution in [1.29, 1.82) is 0 Å². The Morgan fingerprint density at radius 1 is 1.27 bits per heavy atom. The molecule has 0 aromatic carbocycles. The zero-order chi connectivity index (χ0) is 7.83. The molecule has 1 aliphatic rings. The van der Waals surface area contributed by atoms with Crippen molar-refractivity contribution in [2.75, 3.05) is 13.1 Å². The Hall–Kier alpha value is 0.110. The molecular formula is C7H14ClF2N. The minimum Gasteiger partial charge on any atom is -0.316 e. The summed E-state index contributed by atoms with van der Waals surface area (Å²) < 4.78 is 25.9. The SMILES string of the molecule is CC1(C)CNCCC1(F)F.Cl. The molecule has 1 N–H and O–H groups in total. The van der Waals surface area contributed by atoms with Crippen molar-refractivity contribution in [1.82, 2.24) is 5.32 Å². The molecule has 0 spiro atoms. The molecule has 0 aliphatic carbocycles. The van der Waals surface area contributed by atoms with Crippen LogP contribution in [0.1, 0.15) is 20.3 Å². The van der Waals surface area contributed by atoms with Crippen LogP contribution in [0.3, 0.4) is 0 Å². The van der Waals surface area contributed by atoms with Gasteiger partial charge in [-0.05, 0) is 0 Å². The van der Waals surface area contributed by atoms with Crippen LogP contribution in [0.5, 0.6) is 0 Å². The Kier molecular flexibility index (Phi) is 3.27. The first-order valence-corrected chi connectivity index (χ1v) is 3.54. The average molecular weight is 186 g/mol. The number of piperidine rings is 1. The molecule has 0 saturated carbocycles. The first-order chi connectivity index (χ1) is 4.46. The highest BCUT2D eigenvalue weighted by Gasteiger charge is 2.47. The second-order valence-electron chi connectivity index (χ2n) is 3.52.